The van der Waals surface area contributed by atoms with Crippen molar-refractivity contribution in [1.82, 2.24) is 25.3 Å². The Morgan fingerprint density at radius 3 is 2.84 bits per heavy atom. The Kier molecular flexibility index (Phi) is 5.91. The third-order valence-electron chi connectivity index (χ3n) is 5.00. The molecule has 3 rings (SSSR count). The van der Waals surface area contributed by atoms with E-state index in [0.717, 1.165) is 25.1 Å². The van der Waals surface area contributed by atoms with Gasteiger partial charge in [0.05, 0.1) is 13.2 Å². The van der Waals surface area contributed by atoms with Crippen LogP contribution in [0.2, 0.25) is 0 Å². The molecule has 2 aliphatic rings. The number of piperidine rings is 1. The molecule has 3 amide bonds. The first-order valence-corrected chi connectivity index (χ1v) is 9.10. The van der Waals surface area contributed by atoms with Crippen LogP contribution >= 0.6 is 0 Å². The van der Waals surface area contributed by atoms with E-state index in [4.69, 9.17) is 4.74 Å². The fraction of sp³-hybridized carbons (Fsp3) is 0.706. The fourth-order valence-corrected chi connectivity index (χ4v) is 3.49. The number of rotatable bonds is 4. The minimum Gasteiger partial charge on any atom is -0.378 e. The van der Waals surface area contributed by atoms with E-state index in [9.17, 15) is 9.59 Å². The maximum absolute atomic E-state index is 12.7. The lowest BCUT2D eigenvalue weighted by Crippen LogP contribution is -2.55. The number of H-pyrrole nitrogens is 1. The van der Waals surface area contributed by atoms with Crippen molar-refractivity contribution in [2.75, 3.05) is 39.4 Å². The minimum absolute atomic E-state index is 0.0127. The van der Waals surface area contributed by atoms with Crippen LogP contribution < -0.4 is 5.32 Å². The highest BCUT2D eigenvalue weighted by molar-refractivity contribution is 5.87. The predicted octanol–water partition coefficient (Wildman–Crippen LogP) is 0.936. The normalized spacial score (nSPS) is 22.5. The summed E-state index contributed by atoms with van der Waals surface area (Å²) in [6, 6.07) is 1.33. The van der Waals surface area contributed by atoms with Gasteiger partial charge in [0.1, 0.15) is 6.04 Å². The average molecular weight is 349 g/mol. The number of hydrogen-bond acceptors (Lipinski definition) is 4. The highest BCUT2D eigenvalue weighted by Crippen LogP contribution is 2.25. The highest BCUT2D eigenvalue weighted by Gasteiger charge is 2.30. The summed E-state index contributed by atoms with van der Waals surface area (Å²) < 4.78 is 5.29. The SMILES string of the molecule is CC[C@@H](NC(=O)N1CCC[C@@H](c2ccn[nH]2)C1)C(=O)N1CCOCC1. The lowest BCUT2D eigenvalue weighted by atomic mass is 9.95. The second-order valence-corrected chi connectivity index (χ2v) is 6.65. The topological polar surface area (TPSA) is 90.6 Å². The molecule has 0 aromatic carbocycles. The number of morpholine rings is 1. The third-order valence-corrected chi connectivity index (χ3v) is 5.00. The predicted molar refractivity (Wildman–Crippen MR) is 92.1 cm³/mol. The van der Waals surface area contributed by atoms with E-state index in [0.29, 0.717) is 39.3 Å². The number of carbonyl (C=O) groups excluding carboxylic acids is 2. The van der Waals surface area contributed by atoms with Crippen LogP contribution in [0.5, 0.6) is 0 Å². The summed E-state index contributed by atoms with van der Waals surface area (Å²) in [6.45, 7) is 5.61. The number of urea groups is 1. The summed E-state index contributed by atoms with van der Waals surface area (Å²) in [4.78, 5) is 28.9. The van der Waals surface area contributed by atoms with Crippen LogP contribution in [-0.2, 0) is 9.53 Å². The quantitative estimate of drug-likeness (QED) is 0.846. The molecular weight excluding hydrogens is 322 g/mol. The van der Waals surface area contributed by atoms with Gasteiger partial charge in [-0.05, 0) is 25.3 Å². The smallest absolute Gasteiger partial charge is 0.318 e. The van der Waals surface area contributed by atoms with Crippen LogP contribution in [0.15, 0.2) is 12.3 Å². The van der Waals surface area contributed by atoms with Crippen molar-refractivity contribution < 1.29 is 14.3 Å². The van der Waals surface area contributed by atoms with Crippen LogP contribution in [0.1, 0.15) is 37.8 Å². The summed E-state index contributed by atoms with van der Waals surface area (Å²) in [7, 11) is 0. The first-order valence-electron chi connectivity index (χ1n) is 9.10. The van der Waals surface area contributed by atoms with Gasteiger partial charge in [-0.15, -0.1) is 0 Å². The molecule has 8 nitrogen and oxygen atoms in total. The van der Waals surface area contributed by atoms with Gasteiger partial charge < -0.3 is 19.9 Å². The molecular formula is C17H27N5O3. The molecule has 0 radical (unpaired) electrons. The van der Waals surface area contributed by atoms with Crippen molar-refractivity contribution in [3.05, 3.63) is 18.0 Å². The number of hydrogen-bond donors (Lipinski definition) is 2. The molecule has 2 saturated heterocycles. The molecule has 0 unspecified atom stereocenters. The lowest BCUT2D eigenvalue weighted by molar-refractivity contribution is -0.137. The van der Waals surface area contributed by atoms with Gasteiger partial charge >= 0.3 is 6.03 Å². The maximum atomic E-state index is 12.7. The second-order valence-electron chi connectivity index (χ2n) is 6.65. The molecule has 2 N–H and O–H groups in total. The molecule has 25 heavy (non-hydrogen) atoms. The van der Waals surface area contributed by atoms with Gasteiger partial charge in [0, 0.05) is 44.0 Å². The average Bonchev–Trinajstić information content (AvgIpc) is 3.21. The Morgan fingerprint density at radius 1 is 1.36 bits per heavy atom. The molecule has 0 saturated carbocycles. The number of amides is 3. The van der Waals surface area contributed by atoms with E-state index < -0.39 is 6.04 Å². The van der Waals surface area contributed by atoms with Crippen molar-refractivity contribution in [2.24, 2.45) is 0 Å². The molecule has 0 bridgehead atoms. The molecule has 2 fully saturated rings. The number of nitrogens with zero attached hydrogens (tertiary/aromatic N) is 3. The van der Waals surface area contributed by atoms with Crippen molar-refractivity contribution >= 4 is 11.9 Å². The Morgan fingerprint density at radius 2 is 2.16 bits per heavy atom. The van der Waals surface area contributed by atoms with E-state index >= 15 is 0 Å². The summed E-state index contributed by atoms with van der Waals surface area (Å²) in [5, 5.41) is 9.93. The number of aromatic amines is 1. The van der Waals surface area contributed by atoms with Gasteiger partial charge in [-0.2, -0.15) is 5.10 Å². The van der Waals surface area contributed by atoms with Crippen LogP contribution in [-0.4, -0.2) is 77.4 Å². The molecule has 3 heterocycles. The summed E-state index contributed by atoms with van der Waals surface area (Å²) in [6.07, 6.45) is 4.31. The van der Waals surface area contributed by atoms with Crippen molar-refractivity contribution in [3.8, 4) is 0 Å². The number of carbonyl (C=O) groups is 2. The van der Waals surface area contributed by atoms with Gasteiger partial charge in [0.25, 0.3) is 0 Å². The number of likely N-dealkylation sites (tertiary alicyclic amines) is 1. The van der Waals surface area contributed by atoms with Crippen molar-refractivity contribution in [2.45, 2.75) is 38.1 Å². The van der Waals surface area contributed by atoms with Crippen LogP contribution in [0, 0.1) is 0 Å². The monoisotopic (exact) mass is 349 g/mol. The van der Waals surface area contributed by atoms with Crippen molar-refractivity contribution in [3.63, 3.8) is 0 Å². The van der Waals surface area contributed by atoms with Gasteiger partial charge in [0.15, 0.2) is 0 Å². The molecule has 138 valence electrons. The number of aromatic nitrogens is 2. The van der Waals surface area contributed by atoms with E-state index in [-0.39, 0.29) is 17.9 Å². The lowest BCUT2D eigenvalue weighted by Gasteiger charge is -2.34. The molecule has 0 aliphatic carbocycles. The van der Waals surface area contributed by atoms with Crippen LogP contribution in [0.25, 0.3) is 0 Å². The molecule has 2 atom stereocenters. The standard InChI is InChI=1S/C17H27N5O3/c1-2-14(16(23)21-8-10-25-11-9-21)19-17(24)22-7-3-4-13(12-22)15-5-6-18-20-15/h5-6,13-14H,2-4,7-12H2,1H3,(H,18,20)(H,19,24)/t13-,14-/m1/s1. The van der Waals surface area contributed by atoms with Gasteiger partial charge in [0.2, 0.25) is 5.91 Å². The molecule has 1 aromatic rings. The Balaban J connectivity index is 1.56. The summed E-state index contributed by atoms with van der Waals surface area (Å²) in [5.41, 5.74) is 1.06. The molecule has 2 aliphatic heterocycles. The van der Waals surface area contributed by atoms with E-state index in [2.05, 4.69) is 15.5 Å². The van der Waals surface area contributed by atoms with Crippen molar-refractivity contribution in [1.29, 1.82) is 0 Å². The summed E-state index contributed by atoms with van der Waals surface area (Å²) in [5.74, 6) is 0.262. The zero-order valence-corrected chi connectivity index (χ0v) is 14.7. The second kappa shape index (κ2) is 8.33. The van der Waals surface area contributed by atoms with Crippen LogP contribution in [0.3, 0.4) is 0 Å². The number of ether oxygens (including phenoxy) is 1. The maximum Gasteiger partial charge on any atom is 0.318 e. The molecule has 0 spiro atoms. The first kappa shape index (κ1) is 17.7. The number of nitrogens with one attached hydrogen (secondary N) is 2. The highest BCUT2D eigenvalue weighted by atomic mass is 16.5. The zero-order chi connectivity index (χ0) is 17.6. The Labute approximate surface area is 147 Å². The minimum atomic E-state index is -0.474. The van der Waals surface area contributed by atoms with Gasteiger partial charge in [-0.25, -0.2) is 4.79 Å². The zero-order valence-electron chi connectivity index (χ0n) is 14.7. The largest absolute Gasteiger partial charge is 0.378 e. The first-order chi connectivity index (χ1) is 12.2. The fourth-order valence-electron chi connectivity index (χ4n) is 3.49. The third kappa shape index (κ3) is 4.31. The Bertz CT molecular complexity index is 571. The van der Waals surface area contributed by atoms with E-state index in [1.165, 1.54) is 0 Å². The molecule has 8 heteroatoms. The molecule has 1 aromatic heterocycles. The van der Waals surface area contributed by atoms with E-state index in [1.807, 2.05) is 17.9 Å². The van der Waals surface area contributed by atoms with Gasteiger partial charge in [-0.1, -0.05) is 6.92 Å². The van der Waals surface area contributed by atoms with Crippen LogP contribution in [0.4, 0.5) is 4.79 Å². The van der Waals surface area contributed by atoms with E-state index in [1.54, 1.807) is 11.1 Å². The summed E-state index contributed by atoms with van der Waals surface area (Å²) >= 11 is 0. The van der Waals surface area contributed by atoms with Gasteiger partial charge in [-0.3, -0.25) is 9.89 Å². The Hall–Kier alpha value is -2.09.